The molecule has 0 spiro atoms. The molecule has 19 heavy (non-hydrogen) atoms. The Morgan fingerprint density at radius 1 is 1.53 bits per heavy atom. The van der Waals surface area contributed by atoms with Gasteiger partial charge in [-0.2, -0.15) is 0 Å². The van der Waals surface area contributed by atoms with Gasteiger partial charge in [0.05, 0.1) is 5.01 Å². The summed E-state index contributed by atoms with van der Waals surface area (Å²) in [4.78, 5) is 16.2. The Balaban J connectivity index is 1.96. The molecule has 0 bridgehead atoms. The SMILES string of the molecule is Cc1ccc(C(=O)NCC(C)c2nccs2)cc1N. The summed E-state index contributed by atoms with van der Waals surface area (Å²) in [5.41, 5.74) is 8.01. The highest BCUT2D eigenvalue weighted by Crippen LogP contribution is 2.17. The Morgan fingerprint density at radius 2 is 2.32 bits per heavy atom. The minimum Gasteiger partial charge on any atom is -0.398 e. The highest BCUT2D eigenvalue weighted by atomic mass is 32.1. The van der Waals surface area contributed by atoms with Gasteiger partial charge in [-0.05, 0) is 24.6 Å². The molecule has 1 atom stereocenters. The van der Waals surface area contributed by atoms with Crippen LogP contribution in [0, 0.1) is 6.92 Å². The van der Waals surface area contributed by atoms with Crippen molar-refractivity contribution in [2.75, 3.05) is 12.3 Å². The highest BCUT2D eigenvalue weighted by Gasteiger charge is 2.11. The molecule has 1 unspecified atom stereocenters. The predicted octanol–water partition coefficient (Wildman–Crippen LogP) is 2.57. The van der Waals surface area contributed by atoms with Gasteiger partial charge in [0, 0.05) is 35.3 Å². The van der Waals surface area contributed by atoms with Gasteiger partial charge in [-0.15, -0.1) is 11.3 Å². The van der Waals surface area contributed by atoms with Crippen molar-refractivity contribution in [3.05, 3.63) is 45.9 Å². The van der Waals surface area contributed by atoms with Crippen LogP contribution < -0.4 is 11.1 Å². The number of anilines is 1. The van der Waals surface area contributed by atoms with Gasteiger partial charge in [-0.1, -0.05) is 13.0 Å². The lowest BCUT2D eigenvalue weighted by molar-refractivity contribution is 0.0951. The largest absolute Gasteiger partial charge is 0.398 e. The van der Waals surface area contributed by atoms with Crippen LogP contribution in [0.15, 0.2) is 29.8 Å². The molecule has 1 heterocycles. The van der Waals surface area contributed by atoms with Crippen LogP contribution in [-0.2, 0) is 0 Å². The van der Waals surface area contributed by atoms with Gasteiger partial charge in [0.25, 0.3) is 5.91 Å². The molecule has 100 valence electrons. The van der Waals surface area contributed by atoms with E-state index >= 15 is 0 Å². The molecule has 0 fully saturated rings. The Labute approximate surface area is 116 Å². The molecule has 0 saturated heterocycles. The average molecular weight is 275 g/mol. The standard InChI is InChI=1S/C14H17N3OS/c1-9-3-4-11(7-12(9)15)13(18)17-8-10(2)14-16-5-6-19-14/h3-7,10H,8,15H2,1-2H3,(H,17,18). The summed E-state index contributed by atoms with van der Waals surface area (Å²) in [5.74, 6) is 0.113. The van der Waals surface area contributed by atoms with Crippen molar-refractivity contribution in [2.24, 2.45) is 0 Å². The quantitative estimate of drug-likeness (QED) is 0.843. The molecular weight excluding hydrogens is 258 g/mol. The second kappa shape index (κ2) is 5.84. The van der Waals surface area contributed by atoms with Crippen molar-refractivity contribution in [2.45, 2.75) is 19.8 Å². The maximum atomic E-state index is 12.0. The van der Waals surface area contributed by atoms with Gasteiger partial charge in [-0.25, -0.2) is 4.98 Å². The first-order chi connectivity index (χ1) is 9.08. The molecular formula is C14H17N3OS. The van der Waals surface area contributed by atoms with Crippen LogP contribution in [0.1, 0.15) is 33.8 Å². The lowest BCUT2D eigenvalue weighted by Crippen LogP contribution is -2.27. The number of nitrogen functional groups attached to an aromatic ring is 1. The van der Waals surface area contributed by atoms with E-state index in [1.807, 2.05) is 25.3 Å². The Hall–Kier alpha value is -1.88. The fourth-order valence-corrected chi connectivity index (χ4v) is 2.39. The number of hydrogen-bond donors (Lipinski definition) is 2. The third-order valence-corrected chi connectivity index (χ3v) is 3.99. The number of aryl methyl sites for hydroxylation is 1. The molecule has 0 aliphatic rings. The fraction of sp³-hybridized carbons (Fsp3) is 0.286. The minimum absolute atomic E-state index is 0.102. The van der Waals surface area contributed by atoms with Crippen molar-refractivity contribution < 1.29 is 4.79 Å². The number of aromatic nitrogens is 1. The first kappa shape index (κ1) is 13.5. The fourth-order valence-electron chi connectivity index (χ4n) is 1.69. The number of nitrogens with two attached hydrogens (primary N) is 1. The Morgan fingerprint density at radius 3 is 2.95 bits per heavy atom. The summed E-state index contributed by atoms with van der Waals surface area (Å²) in [5, 5.41) is 5.88. The number of benzene rings is 1. The summed E-state index contributed by atoms with van der Waals surface area (Å²) in [6.45, 7) is 4.53. The molecule has 1 aromatic carbocycles. The first-order valence-electron chi connectivity index (χ1n) is 6.11. The van der Waals surface area contributed by atoms with E-state index in [2.05, 4.69) is 10.3 Å². The number of amides is 1. The minimum atomic E-state index is -0.102. The van der Waals surface area contributed by atoms with Gasteiger partial charge >= 0.3 is 0 Å². The zero-order chi connectivity index (χ0) is 13.8. The van der Waals surface area contributed by atoms with Crippen LogP contribution in [0.3, 0.4) is 0 Å². The molecule has 1 aromatic heterocycles. The van der Waals surface area contributed by atoms with E-state index in [0.29, 0.717) is 17.8 Å². The van der Waals surface area contributed by atoms with Crippen LogP contribution in [0.2, 0.25) is 0 Å². The third kappa shape index (κ3) is 3.32. The number of rotatable bonds is 4. The van der Waals surface area contributed by atoms with Crippen LogP contribution >= 0.6 is 11.3 Å². The maximum Gasteiger partial charge on any atom is 0.251 e. The van der Waals surface area contributed by atoms with E-state index in [9.17, 15) is 4.79 Å². The van der Waals surface area contributed by atoms with Gasteiger partial charge < -0.3 is 11.1 Å². The molecule has 0 saturated carbocycles. The van der Waals surface area contributed by atoms with Crippen molar-refractivity contribution in [1.29, 1.82) is 0 Å². The van der Waals surface area contributed by atoms with E-state index in [4.69, 9.17) is 5.73 Å². The smallest absolute Gasteiger partial charge is 0.251 e. The highest BCUT2D eigenvalue weighted by molar-refractivity contribution is 7.09. The predicted molar refractivity (Wildman–Crippen MR) is 78.5 cm³/mol. The van der Waals surface area contributed by atoms with Crippen molar-refractivity contribution in [1.82, 2.24) is 10.3 Å². The molecule has 5 heteroatoms. The third-order valence-electron chi connectivity index (χ3n) is 2.98. The second-order valence-electron chi connectivity index (χ2n) is 4.55. The average Bonchev–Trinajstić information content (AvgIpc) is 2.92. The summed E-state index contributed by atoms with van der Waals surface area (Å²) in [7, 11) is 0. The number of nitrogens with one attached hydrogen (secondary N) is 1. The molecule has 0 radical (unpaired) electrons. The van der Waals surface area contributed by atoms with Crippen LogP contribution in [0.25, 0.3) is 0 Å². The van der Waals surface area contributed by atoms with Crippen molar-refractivity contribution in [3.63, 3.8) is 0 Å². The topological polar surface area (TPSA) is 68.0 Å². The van der Waals surface area contributed by atoms with Crippen LogP contribution in [0.5, 0.6) is 0 Å². The molecule has 4 nitrogen and oxygen atoms in total. The summed E-state index contributed by atoms with van der Waals surface area (Å²) >= 11 is 1.60. The molecule has 1 amide bonds. The first-order valence-corrected chi connectivity index (χ1v) is 6.99. The van der Waals surface area contributed by atoms with E-state index in [1.165, 1.54) is 0 Å². The lowest BCUT2D eigenvalue weighted by atomic mass is 10.1. The monoisotopic (exact) mass is 275 g/mol. The van der Waals surface area contributed by atoms with Crippen LogP contribution in [-0.4, -0.2) is 17.4 Å². The number of nitrogens with zero attached hydrogens (tertiary/aromatic N) is 1. The zero-order valence-corrected chi connectivity index (χ0v) is 11.8. The molecule has 0 aliphatic carbocycles. The lowest BCUT2D eigenvalue weighted by Gasteiger charge is -2.11. The Kier molecular flexibility index (Phi) is 4.16. The summed E-state index contributed by atoms with van der Waals surface area (Å²) < 4.78 is 0. The van der Waals surface area contributed by atoms with E-state index < -0.39 is 0 Å². The molecule has 0 aliphatic heterocycles. The second-order valence-corrected chi connectivity index (χ2v) is 5.48. The van der Waals surface area contributed by atoms with E-state index in [1.54, 1.807) is 29.7 Å². The van der Waals surface area contributed by atoms with E-state index in [0.717, 1.165) is 10.6 Å². The van der Waals surface area contributed by atoms with Crippen LogP contribution in [0.4, 0.5) is 5.69 Å². The van der Waals surface area contributed by atoms with Gasteiger partial charge in [0.15, 0.2) is 0 Å². The number of thiazole rings is 1. The molecule has 2 rings (SSSR count). The normalized spacial score (nSPS) is 12.1. The summed E-state index contributed by atoms with van der Waals surface area (Å²) in [6.07, 6.45) is 1.78. The number of carbonyl (C=O) groups is 1. The van der Waals surface area contributed by atoms with Crippen molar-refractivity contribution in [3.8, 4) is 0 Å². The molecule has 3 N–H and O–H groups in total. The maximum absolute atomic E-state index is 12.0. The Bertz CT molecular complexity index is 566. The number of carbonyl (C=O) groups excluding carboxylic acids is 1. The van der Waals surface area contributed by atoms with Gasteiger partial charge in [-0.3, -0.25) is 4.79 Å². The van der Waals surface area contributed by atoms with Gasteiger partial charge in [0.2, 0.25) is 0 Å². The zero-order valence-electron chi connectivity index (χ0n) is 11.0. The van der Waals surface area contributed by atoms with Crippen molar-refractivity contribution >= 4 is 22.9 Å². The number of hydrogen-bond acceptors (Lipinski definition) is 4. The van der Waals surface area contributed by atoms with Gasteiger partial charge in [0.1, 0.15) is 0 Å². The van der Waals surface area contributed by atoms with E-state index in [-0.39, 0.29) is 11.8 Å². The summed E-state index contributed by atoms with van der Waals surface area (Å²) in [6, 6.07) is 5.35. The molecule has 2 aromatic rings.